The molecule has 0 aromatic carbocycles. The number of aromatic nitrogens is 1. The molecule has 0 radical (unpaired) electrons. The third kappa shape index (κ3) is 4.64. The van der Waals surface area contributed by atoms with Gasteiger partial charge in [0.15, 0.2) is 5.82 Å². The van der Waals surface area contributed by atoms with Gasteiger partial charge in [0, 0.05) is 19.6 Å². The Bertz CT molecular complexity index is 446. The van der Waals surface area contributed by atoms with E-state index in [-0.39, 0.29) is 23.9 Å². The fraction of sp³-hybridized carbons (Fsp3) is 0.692. The van der Waals surface area contributed by atoms with Crippen molar-refractivity contribution in [1.82, 2.24) is 9.69 Å². The van der Waals surface area contributed by atoms with Gasteiger partial charge in [0.05, 0.1) is 12.7 Å². The predicted molar refractivity (Wildman–Crippen MR) is 83.5 cm³/mol. The highest BCUT2D eigenvalue weighted by molar-refractivity contribution is 7.11. The van der Waals surface area contributed by atoms with Crippen LogP contribution in [0.25, 0.3) is 0 Å². The molecule has 0 spiro atoms. The molecule has 1 rings (SSSR count). The van der Waals surface area contributed by atoms with E-state index in [9.17, 15) is 4.79 Å². The molecule has 0 bridgehead atoms. The van der Waals surface area contributed by atoms with Crippen LogP contribution < -0.4 is 16.0 Å². The lowest BCUT2D eigenvalue weighted by molar-refractivity contribution is 0.0845. The second-order valence-electron chi connectivity index (χ2n) is 5.22. The van der Waals surface area contributed by atoms with Gasteiger partial charge < -0.3 is 20.7 Å². The normalized spacial score (nSPS) is 11.2. The van der Waals surface area contributed by atoms with Crippen molar-refractivity contribution in [3.8, 4) is 0 Å². The highest BCUT2D eigenvalue weighted by atomic mass is 32.1. The average molecular weight is 300 g/mol. The first-order valence-corrected chi connectivity index (χ1v) is 7.49. The predicted octanol–water partition coefficient (Wildman–Crippen LogP) is 1.72. The van der Waals surface area contributed by atoms with Crippen LogP contribution in [0.15, 0.2) is 0 Å². The van der Waals surface area contributed by atoms with Crippen LogP contribution in [-0.4, -0.2) is 42.6 Å². The maximum atomic E-state index is 12.2. The largest absolute Gasteiger partial charge is 0.382 e. The Morgan fingerprint density at radius 1 is 1.45 bits per heavy atom. The van der Waals surface area contributed by atoms with Crippen molar-refractivity contribution < 1.29 is 9.53 Å². The van der Waals surface area contributed by atoms with E-state index in [1.165, 1.54) is 11.5 Å². The van der Waals surface area contributed by atoms with E-state index >= 15 is 0 Å². The number of nitrogens with one attached hydrogen (secondary N) is 1. The summed E-state index contributed by atoms with van der Waals surface area (Å²) in [6, 6.07) is 0.0595. The molecule has 1 amide bonds. The Kier molecular flexibility index (Phi) is 6.22. The molecular formula is C13H24N4O2S. The molecule has 0 atom stereocenters. The van der Waals surface area contributed by atoms with Gasteiger partial charge in [0.1, 0.15) is 10.6 Å². The van der Waals surface area contributed by atoms with E-state index in [0.717, 1.165) is 5.00 Å². The smallest absolute Gasteiger partial charge is 0.258 e. The fourth-order valence-electron chi connectivity index (χ4n) is 1.63. The lowest BCUT2D eigenvalue weighted by Crippen LogP contribution is -2.32. The summed E-state index contributed by atoms with van der Waals surface area (Å²) < 4.78 is 9.60. The maximum Gasteiger partial charge on any atom is 0.258 e. The van der Waals surface area contributed by atoms with Crippen LogP contribution in [0.2, 0.25) is 0 Å². The van der Waals surface area contributed by atoms with Crippen LogP contribution in [0.3, 0.4) is 0 Å². The molecule has 0 fully saturated rings. The number of anilines is 2. The van der Waals surface area contributed by atoms with Crippen LogP contribution in [0.4, 0.5) is 10.8 Å². The number of likely N-dealkylation sites (N-methyl/N-ethyl adjacent to an activating group) is 1. The van der Waals surface area contributed by atoms with Crippen LogP contribution >= 0.6 is 11.5 Å². The van der Waals surface area contributed by atoms with Gasteiger partial charge in [-0.2, -0.15) is 4.37 Å². The number of amides is 1. The van der Waals surface area contributed by atoms with E-state index in [0.29, 0.717) is 18.7 Å². The molecule has 1 heterocycles. The third-order valence-corrected chi connectivity index (χ3v) is 3.55. The summed E-state index contributed by atoms with van der Waals surface area (Å²) in [5.74, 6) is 0.0951. The Labute approximate surface area is 124 Å². The zero-order valence-corrected chi connectivity index (χ0v) is 13.6. The summed E-state index contributed by atoms with van der Waals surface area (Å²) in [6.07, 6.45) is 0.193. The van der Waals surface area contributed by atoms with Gasteiger partial charge in [0.25, 0.3) is 5.91 Å². The molecule has 1 aromatic rings. The van der Waals surface area contributed by atoms with Crippen molar-refractivity contribution >= 4 is 28.3 Å². The number of carbonyl (C=O) groups is 1. The van der Waals surface area contributed by atoms with Crippen molar-refractivity contribution in [2.24, 2.45) is 0 Å². The maximum absolute atomic E-state index is 12.2. The first-order chi connectivity index (χ1) is 9.32. The zero-order chi connectivity index (χ0) is 15.3. The summed E-state index contributed by atoms with van der Waals surface area (Å²) >= 11 is 1.23. The topological polar surface area (TPSA) is 80.5 Å². The first-order valence-electron chi connectivity index (χ1n) is 6.71. The van der Waals surface area contributed by atoms with Crippen LogP contribution in [0.5, 0.6) is 0 Å². The van der Waals surface area contributed by atoms with Crippen LogP contribution in [0, 0.1) is 0 Å². The summed E-state index contributed by atoms with van der Waals surface area (Å²) in [4.78, 5) is 14.1. The molecule has 1 aromatic heterocycles. The van der Waals surface area contributed by atoms with Crippen molar-refractivity contribution in [3.05, 3.63) is 5.56 Å². The molecule has 3 N–H and O–H groups in total. The monoisotopic (exact) mass is 300 g/mol. The molecule has 0 aliphatic carbocycles. The number of carbonyl (C=O) groups excluding carboxylic acids is 1. The van der Waals surface area contributed by atoms with E-state index in [4.69, 9.17) is 10.5 Å². The fourth-order valence-corrected chi connectivity index (χ4v) is 2.42. The second-order valence-corrected chi connectivity index (χ2v) is 5.97. The van der Waals surface area contributed by atoms with Crippen molar-refractivity contribution in [2.75, 3.05) is 30.8 Å². The number of nitrogens with zero attached hydrogens (tertiary/aromatic N) is 2. The van der Waals surface area contributed by atoms with Crippen molar-refractivity contribution in [3.63, 3.8) is 0 Å². The molecule has 6 nitrogen and oxygen atoms in total. The number of hydrogen-bond donors (Lipinski definition) is 2. The highest BCUT2D eigenvalue weighted by Gasteiger charge is 2.22. The second kappa shape index (κ2) is 7.44. The minimum absolute atomic E-state index is 0.0595. The van der Waals surface area contributed by atoms with E-state index in [1.54, 1.807) is 0 Å². The Balaban J connectivity index is 2.77. The van der Waals surface area contributed by atoms with E-state index < -0.39 is 0 Å². The number of hydrogen-bond acceptors (Lipinski definition) is 6. The lowest BCUT2D eigenvalue weighted by Gasteiger charge is -2.19. The van der Waals surface area contributed by atoms with Gasteiger partial charge in [-0.05, 0) is 39.2 Å². The number of ether oxygens (including phenoxy) is 1. The zero-order valence-electron chi connectivity index (χ0n) is 12.8. The molecule has 114 valence electrons. The minimum Gasteiger partial charge on any atom is -0.382 e. The first kappa shape index (κ1) is 16.7. The SMILES string of the molecule is CC(C)NC(=O)c1c(N)nsc1N(C)CCOC(C)C. The summed E-state index contributed by atoms with van der Waals surface area (Å²) in [5.41, 5.74) is 6.27. The Hall–Kier alpha value is -1.34. The molecule has 0 saturated heterocycles. The Morgan fingerprint density at radius 2 is 2.10 bits per heavy atom. The standard InChI is InChI=1S/C13H24N4O2S/c1-8(2)15-12(18)10-11(14)16-20-13(10)17(5)6-7-19-9(3)4/h8-9H,6-7H2,1-5H3,(H2,14,16)(H,15,18). The quantitative estimate of drug-likeness (QED) is 0.801. The van der Waals surface area contributed by atoms with E-state index in [2.05, 4.69) is 9.69 Å². The Morgan fingerprint density at radius 3 is 2.65 bits per heavy atom. The van der Waals surface area contributed by atoms with Gasteiger partial charge in [-0.1, -0.05) is 0 Å². The van der Waals surface area contributed by atoms with Gasteiger partial charge in [-0.25, -0.2) is 0 Å². The molecule has 0 aliphatic rings. The van der Waals surface area contributed by atoms with Gasteiger partial charge in [0.2, 0.25) is 0 Å². The molecule has 20 heavy (non-hydrogen) atoms. The van der Waals surface area contributed by atoms with Crippen molar-refractivity contribution in [2.45, 2.75) is 39.8 Å². The molecule has 0 aliphatic heterocycles. The lowest BCUT2D eigenvalue weighted by atomic mass is 10.2. The minimum atomic E-state index is -0.183. The molecule has 0 saturated carbocycles. The van der Waals surface area contributed by atoms with Crippen LogP contribution in [0.1, 0.15) is 38.1 Å². The summed E-state index contributed by atoms with van der Waals surface area (Å²) in [7, 11) is 1.91. The summed E-state index contributed by atoms with van der Waals surface area (Å²) in [6.45, 7) is 9.08. The van der Waals surface area contributed by atoms with Crippen molar-refractivity contribution in [1.29, 1.82) is 0 Å². The van der Waals surface area contributed by atoms with Gasteiger partial charge in [-0.3, -0.25) is 4.79 Å². The number of nitrogens with two attached hydrogens (primary N) is 1. The molecular weight excluding hydrogens is 276 g/mol. The third-order valence-electron chi connectivity index (χ3n) is 2.57. The highest BCUT2D eigenvalue weighted by Crippen LogP contribution is 2.29. The molecule has 0 unspecified atom stereocenters. The number of rotatable bonds is 7. The van der Waals surface area contributed by atoms with E-state index in [1.807, 2.05) is 39.6 Å². The molecule has 7 heteroatoms. The number of nitrogen functional groups attached to an aromatic ring is 1. The van der Waals surface area contributed by atoms with Crippen LogP contribution in [-0.2, 0) is 4.74 Å². The van der Waals surface area contributed by atoms with Gasteiger partial charge in [-0.15, -0.1) is 0 Å². The average Bonchev–Trinajstić information content (AvgIpc) is 2.69. The van der Waals surface area contributed by atoms with Gasteiger partial charge >= 0.3 is 0 Å². The summed E-state index contributed by atoms with van der Waals surface area (Å²) in [5, 5.41) is 3.62.